The molecule has 1 rings (SSSR count). The molecule has 0 aliphatic carbocycles. The highest BCUT2D eigenvalue weighted by Crippen LogP contribution is 2.11. The molecule has 0 amide bonds. The molecule has 15 heavy (non-hydrogen) atoms. The number of anilines is 1. The number of methoxy groups -OCH3 is 1. The van der Waals surface area contributed by atoms with Crippen LogP contribution in [0, 0.1) is 3.57 Å². The molecule has 1 N–H and O–H groups in total. The van der Waals surface area contributed by atoms with E-state index in [1.807, 2.05) is 6.07 Å². The zero-order valence-corrected chi connectivity index (χ0v) is 11.0. The monoisotopic (exact) mass is 321 g/mol. The summed E-state index contributed by atoms with van der Waals surface area (Å²) in [7, 11) is 1.67. The third-order valence-electron chi connectivity index (χ3n) is 1.83. The first kappa shape index (κ1) is 12.7. The number of nitrogens with one attached hydrogen (secondary N) is 1. The van der Waals surface area contributed by atoms with Gasteiger partial charge in [-0.2, -0.15) is 0 Å². The van der Waals surface area contributed by atoms with Crippen molar-refractivity contribution in [2.75, 3.05) is 38.8 Å². The standard InChI is InChI=1S/C11H16INO2/c1-14-7-8-15-6-5-13-11-4-2-3-10(12)9-11/h2-4,9,13H,5-8H2,1H3. The summed E-state index contributed by atoms with van der Waals surface area (Å²) in [6, 6.07) is 8.27. The topological polar surface area (TPSA) is 30.5 Å². The van der Waals surface area contributed by atoms with Crippen molar-refractivity contribution in [1.29, 1.82) is 0 Å². The fourth-order valence-electron chi connectivity index (χ4n) is 1.11. The lowest BCUT2D eigenvalue weighted by Crippen LogP contribution is -2.11. The Hall–Kier alpha value is -0.330. The van der Waals surface area contributed by atoms with Crippen molar-refractivity contribution in [3.8, 4) is 0 Å². The van der Waals surface area contributed by atoms with Crippen molar-refractivity contribution in [3.63, 3.8) is 0 Å². The van der Waals surface area contributed by atoms with Crippen LogP contribution in [0.25, 0.3) is 0 Å². The molecule has 0 aliphatic heterocycles. The Morgan fingerprint density at radius 2 is 2.13 bits per heavy atom. The van der Waals surface area contributed by atoms with Gasteiger partial charge in [0, 0.05) is 22.9 Å². The number of hydrogen-bond acceptors (Lipinski definition) is 3. The maximum Gasteiger partial charge on any atom is 0.0701 e. The van der Waals surface area contributed by atoms with Gasteiger partial charge in [0.25, 0.3) is 0 Å². The van der Waals surface area contributed by atoms with Crippen molar-refractivity contribution in [2.45, 2.75) is 0 Å². The maximum atomic E-state index is 5.34. The maximum absolute atomic E-state index is 5.34. The Balaban J connectivity index is 2.10. The van der Waals surface area contributed by atoms with Crippen LogP contribution in [0.5, 0.6) is 0 Å². The van der Waals surface area contributed by atoms with E-state index in [0.29, 0.717) is 19.8 Å². The van der Waals surface area contributed by atoms with Gasteiger partial charge in [0.1, 0.15) is 0 Å². The molecule has 4 heteroatoms. The molecule has 0 spiro atoms. The molecular weight excluding hydrogens is 305 g/mol. The first-order valence-corrected chi connectivity index (χ1v) is 5.97. The van der Waals surface area contributed by atoms with E-state index in [0.717, 1.165) is 12.2 Å². The van der Waals surface area contributed by atoms with Crippen LogP contribution in [0.15, 0.2) is 24.3 Å². The first-order valence-electron chi connectivity index (χ1n) is 4.89. The van der Waals surface area contributed by atoms with Crippen LogP contribution >= 0.6 is 22.6 Å². The number of rotatable bonds is 7. The van der Waals surface area contributed by atoms with Crippen molar-refractivity contribution >= 4 is 28.3 Å². The Morgan fingerprint density at radius 1 is 1.27 bits per heavy atom. The van der Waals surface area contributed by atoms with Gasteiger partial charge in [0.15, 0.2) is 0 Å². The summed E-state index contributed by atoms with van der Waals surface area (Å²) in [4.78, 5) is 0. The Labute approximate surface area is 104 Å². The zero-order valence-electron chi connectivity index (χ0n) is 8.83. The number of hydrogen-bond donors (Lipinski definition) is 1. The SMILES string of the molecule is COCCOCCNc1cccc(I)c1. The van der Waals surface area contributed by atoms with Crippen molar-refractivity contribution in [2.24, 2.45) is 0 Å². The van der Waals surface area contributed by atoms with E-state index >= 15 is 0 Å². The molecule has 0 unspecified atom stereocenters. The minimum absolute atomic E-state index is 0.656. The van der Waals surface area contributed by atoms with Gasteiger partial charge in [-0.1, -0.05) is 6.07 Å². The largest absolute Gasteiger partial charge is 0.383 e. The first-order chi connectivity index (χ1) is 7.33. The molecule has 0 heterocycles. The van der Waals surface area contributed by atoms with Gasteiger partial charge in [0.05, 0.1) is 19.8 Å². The molecule has 0 saturated carbocycles. The van der Waals surface area contributed by atoms with Gasteiger partial charge in [0.2, 0.25) is 0 Å². The molecule has 0 bridgehead atoms. The predicted octanol–water partition coefficient (Wildman–Crippen LogP) is 2.37. The average molecular weight is 321 g/mol. The third-order valence-corrected chi connectivity index (χ3v) is 2.50. The second-order valence-corrected chi connectivity index (χ2v) is 4.29. The summed E-state index contributed by atoms with van der Waals surface area (Å²) < 4.78 is 11.4. The zero-order chi connectivity index (χ0) is 10.9. The Kier molecular flexibility index (Phi) is 6.71. The van der Waals surface area contributed by atoms with E-state index in [1.54, 1.807) is 7.11 Å². The number of ether oxygens (including phenoxy) is 2. The summed E-state index contributed by atoms with van der Waals surface area (Å²) >= 11 is 2.30. The van der Waals surface area contributed by atoms with Gasteiger partial charge in [-0.15, -0.1) is 0 Å². The highest BCUT2D eigenvalue weighted by molar-refractivity contribution is 14.1. The molecule has 0 fully saturated rings. The summed E-state index contributed by atoms with van der Waals surface area (Å²) in [5.74, 6) is 0. The molecule has 0 saturated heterocycles. The third kappa shape index (κ3) is 5.96. The van der Waals surface area contributed by atoms with Gasteiger partial charge in [-0.3, -0.25) is 0 Å². The smallest absolute Gasteiger partial charge is 0.0701 e. The van der Waals surface area contributed by atoms with Crippen molar-refractivity contribution < 1.29 is 9.47 Å². The Morgan fingerprint density at radius 3 is 2.87 bits per heavy atom. The highest BCUT2D eigenvalue weighted by atomic mass is 127. The quantitative estimate of drug-likeness (QED) is 0.618. The summed E-state index contributed by atoms with van der Waals surface area (Å²) in [6.07, 6.45) is 0. The normalized spacial score (nSPS) is 10.3. The van der Waals surface area contributed by atoms with Gasteiger partial charge in [-0.25, -0.2) is 0 Å². The molecule has 3 nitrogen and oxygen atoms in total. The summed E-state index contributed by atoms with van der Waals surface area (Å²) in [5.41, 5.74) is 1.14. The van der Waals surface area contributed by atoms with Crippen molar-refractivity contribution in [3.05, 3.63) is 27.8 Å². The molecule has 1 aromatic carbocycles. The van der Waals surface area contributed by atoms with E-state index in [9.17, 15) is 0 Å². The minimum atomic E-state index is 0.656. The Bertz CT molecular complexity index is 281. The molecule has 0 atom stereocenters. The van der Waals surface area contributed by atoms with Crippen LogP contribution in [-0.2, 0) is 9.47 Å². The fourth-order valence-corrected chi connectivity index (χ4v) is 1.65. The average Bonchev–Trinajstić information content (AvgIpc) is 2.23. The van der Waals surface area contributed by atoms with Crippen molar-refractivity contribution in [1.82, 2.24) is 0 Å². The molecular formula is C11H16INO2. The van der Waals surface area contributed by atoms with Gasteiger partial charge < -0.3 is 14.8 Å². The van der Waals surface area contributed by atoms with Crippen LogP contribution in [-0.4, -0.2) is 33.5 Å². The van der Waals surface area contributed by atoms with E-state index in [4.69, 9.17) is 9.47 Å². The fraction of sp³-hybridized carbons (Fsp3) is 0.455. The molecule has 0 aliphatic rings. The molecule has 0 radical (unpaired) electrons. The number of benzene rings is 1. The van der Waals surface area contributed by atoms with E-state index in [-0.39, 0.29) is 0 Å². The van der Waals surface area contributed by atoms with Crippen LogP contribution < -0.4 is 5.32 Å². The molecule has 1 aromatic rings. The molecule has 0 aromatic heterocycles. The van der Waals surface area contributed by atoms with Crippen LogP contribution in [0.2, 0.25) is 0 Å². The van der Waals surface area contributed by atoms with E-state index in [1.165, 1.54) is 3.57 Å². The van der Waals surface area contributed by atoms with Crippen LogP contribution in [0.1, 0.15) is 0 Å². The highest BCUT2D eigenvalue weighted by Gasteiger charge is 1.92. The van der Waals surface area contributed by atoms with E-state index in [2.05, 4.69) is 46.1 Å². The predicted molar refractivity (Wildman–Crippen MR) is 70.3 cm³/mol. The minimum Gasteiger partial charge on any atom is -0.383 e. The van der Waals surface area contributed by atoms with Gasteiger partial charge in [-0.05, 0) is 40.8 Å². The molecule has 84 valence electrons. The van der Waals surface area contributed by atoms with Crippen LogP contribution in [0.4, 0.5) is 5.69 Å². The summed E-state index contributed by atoms with van der Waals surface area (Å²) in [6.45, 7) is 2.84. The second-order valence-electron chi connectivity index (χ2n) is 3.04. The van der Waals surface area contributed by atoms with Gasteiger partial charge >= 0.3 is 0 Å². The van der Waals surface area contributed by atoms with Crippen LogP contribution in [0.3, 0.4) is 0 Å². The lowest BCUT2D eigenvalue weighted by molar-refractivity contribution is 0.0759. The number of halogens is 1. The second kappa shape index (κ2) is 7.90. The lowest BCUT2D eigenvalue weighted by atomic mass is 10.3. The summed E-state index contributed by atoms with van der Waals surface area (Å²) in [5, 5.41) is 3.29. The lowest BCUT2D eigenvalue weighted by Gasteiger charge is -2.07. The van der Waals surface area contributed by atoms with E-state index < -0.39 is 0 Å².